The molecule has 0 saturated heterocycles. The quantitative estimate of drug-likeness (QED) is 0.655. The Kier molecular flexibility index (Phi) is 4.12. The Morgan fingerprint density at radius 3 is 2.37 bits per heavy atom. The summed E-state index contributed by atoms with van der Waals surface area (Å²) in [7, 11) is 0. The van der Waals surface area contributed by atoms with Gasteiger partial charge in [0.2, 0.25) is 0 Å². The molecule has 0 aliphatic rings. The van der Waals surface area contributed by atoms with E-state index in [0.717, 1.165) is 12.1 Å². The smallest absolute Gasteiger partial charge is 0.317 e. The first kappa shape index (κ1) is 18.7. The molecule has 1 amide bonds. The number of nitrogens with zero attached hydrogens (tertiary/aromatic N) is 4. The zero-order chi connectivity index (χ0) is 20.1. The second kappa shape index (κ2) is 5.96. The number of H-pyrrole nitrogens is 1. The minimum atomic E-state index is -4.84. The van der Waals surface area contributed by atoms with Crippen LogP contribution >= 0.6 is 0 Å². The van der Waals surface area contributed by atoms with E-state index in [-0.39, 0.29) is 17.0 Å². The van der Waals surface area contributed by atoms with Crippen LogP contribution in [0, 0.1) is 13.8 Å². The van der Waals surface area contributed by atoms with E-state index >= 15 is 0 Å². The van der Waals surface area contributed by atoms with Crippen LogP contribution in [0.3, 0.4) is 0 Å². The molecule has 0 atom stereocenters. The molecule has 0 saturated carbocycles. The number of halogens is 6. The van der Waals surface area contributed by atoms with Crippen LogP contribution in [0.2, 0.25) is 0 Å². The van der Waals surface area contributed by atoms with Crippen molar-refractivity contribution in [3.63, 3.8) is 0 Å². The molecule has 0 aliphatic heterocycles. The number of hydrogen-bond donors (Lipinski definition) is 2. The zero-order valence-electron chi connectivity index (χ0n) is 13.6. The van der Waals surface area contributed by atoms with E-state index in [0.29, 0.717) is 4.52 Å². The van der Waals surface area contributed by atoms with Crippen LogP contribution in [0.25, 0.3) is 5.65 Å². The van der Waals surface area contributed by atoms with Gasteiger partial charge in [0.25, 0.3) is 5.91 Å². The largest absolute Gasteiger partial charge is 0.437 e. The van der Waals surface area contributed by atoms with Crippen LogP contribution in [-0.2, 0) is 12.4 Å². The number of carbonyl (C=O) groups excluding carboxylic acids is 1. The molecular weight excluding hydrogens is 382 g/mol. The van der Waals surface area contributed by atoms with E-state index in [4.69, 9.17) is 0 Å². The third-order valence-electron chi connectivity index (χ3n) is 3.53. The lowest BCUT2D eigenvalue weighted by molar-refractivity contribution is -0.143. The van der Waals surface area contributed by atoms with Gasteiger partial charge in [0.05, 0.1) is 11.4 Å². The van der Waals surface area contributed by atoms with Crippen molar-refractivity contribution >= 4 is 17.2 Å². The summed E-state index contributed by atoms with van der Waals surface area (Å²) in [4.78, 5) is 16.1. The molecule has 3 rings (SSSR count). The topological polar surface area (TPSA) is 88.0 Å². The number of alkyl halides is 6. The van der Waals surface area contributed by atoms with Gasteiger partial charge in [-0.2, -0.15) is 36.5 Å². The molecule has 0 radical (unpaired) electrons. The molecule has 3 aromatic heterocycles. The van der Waals surface area contributed by atoms with Crippen LogP contribution in [0.1, 0.15) is 33.3 Å². The third-order valence-corrected chi connectivity index (χ3v) is 3.53. The van der Waals surface area contributed by atoms with Crippen LogP contribution < -0.4 is 5.32 Å². The number of aryl methyl sites for hydroxylation is 2. The Morgan fingerprint density at radius 2 is 1.78 bits per heavy atom. The van der Waals surface area contributed by atoms with Gasteiger partial charge in [-0.3, -0.25) is 9.89 Å². The predicted octanol–water partition coefficient (Wildman–Crippen LogP) is 3.36. The highest BCUT2D eigenvalue weighted by atomic mass is 19.4. The van der Waals surface area contributed by atoms with Crippen molar-refractivity contribution in [2.45, 2.75) is 26.2 Å². The first-order valence-electron chi connectivity index (χ1n) is 7.26. The summed E-state index contributed by atoms with van der Waals surface area (Å²) in [6, 6.07) is 1.68. The molecule has 0 bridgehead atoms. The number of rotatable bonds is 2. The number of fused-ring (bicyclic) bond motifs is 1. The Bertz CT molecular complexity index is 1030. The highest BCUT2D eigenvalue weighted by molar-refractivity contribution is 6.04. The highest BCUT2D eigenvalue weighted by Crippen LogP contribution is 2.35. The third kappa shape index (κ3) is 3.44. The van der Waals surface area contributed by atoms with Crippen LogP contribution in [0.5, 0.6) is 0 Å². The zero-order valence-corrected chi connectivity index (χ0v) is 13.6. The molecule has 3 aromatic rings. The van der Waals surface area contributed by atoms with Gasteiger partial charge in [0.15, 0.2) is 17.0 Å². The van der Waals surface area contributed by atoms with E-state index in [2.05, 4.69) is 20.3 Å². The van der Waals surface area contributed by atoms with Gasteiger partial charge in [0, 0.05) is 11.8 Å². The Hall–Kier alpha value is -3.12. The van der Waals surface area contributed by atoms with Crippen LogP contribution in [0.15, 0.2) is 12.1 Å². The maximum Gasteiger partial charge on any atom is 0.437 e. The molecule has 0 aliphatic carbocycles. The summed E-state index contributed by atoms with van der Waals surface area (Å²) >= 11 is 0. The summed E-state index contributed by atoms with van der Waals surface area (Å²) in [6.07, 6.45) is -9.61. The predicted molar refractivity (Wildman–Crippen MR) is 79.0 cm³/mol. The fourth-order valence-electron chi connectivity index (χ4n) is 2.38. The second-order valence-electron chi connectivity index (χ2n) is 5.60. The molecule has 0 aromatic carbocycles. The highest BCUT2D eigenvalue weighted by Gasteiger charge is 2.39. The van der Waals surface area contributed by atoms with Gasteiger partial charge in [-0.25, -0.2) is 9.50 Å². The van der Waals surface area contributed by atoms with Crippen molar-refractivity contribution in [1.82, 2.24) is 24.8 Å². The van der Waals surface area contributed by atoms with E-state index in [1.807, 2.05) is 5.32 Å². The van der Waals surface area contributed by atoms with E-state index in [9.17, 15) is 31.1 Å². The standard InChI is InChI=1S/C14H10F6N6O/c1-5-3-8(13(15,16)17)26-9(21-5)4-7(25-26)12(27)22-10-6(2)23-24-11(10)14(18,19)20/h3-4H,1-2H3,(H,22,27)(H,23,24). The Balaban J connectivity index is 2.02. The normalized spacial score (nSPS) is 12.6. The summed E-state index contributed by atoms with van der Waals surface area (Å²) in [6.45, 7) is 2.57. The molecule has 144 valence electrons. The average Bonchev–Trinajstić information content (AvgIpc) is 3.09. The number of aromatic amines is 1. The Morgan fingerprint density at radius 1 is 1.11 bits per heavy atom. The van der Waals surface area contributed by atoms with Crippen molar-refractivity contribution < 1.29 is 31.1 Å². The number of anilines is 1. The van der Waals surface area contributed by atoms with Gasteiger partial charge < -0.3 is 5.32 Å². The summed E-state index contributed by atoms with van der Waals surface area (Å²) in [5, 5.41) is 10.7. The number of amides is 1. The molecule has 0 spiro atoms. The van der Waals surface area contributed by atoms with Crippen molar-refractivity contribution in [1.29, 1.82) is 0 Å². The number of nitrogens with one attached hydrogen (secondary N) is 2. The van der Waals surface area contributed by atoms with E-state index < -0.39 is 41.0 Å². The van der Waals surface area contributed by atoms with Crippen molar-refractivity contribution in [2.24, 2.45) is 0 Å². The van der Waals surface area contributed by atoms with Gasteiger partial charge in [-0.1, -0.05) is 0 Å². The first-order valence-corrected chi connectivity index (χ1v) is 7.26. The molecule has 0 fully saturated rings. The lowest BCUT2D eigenvalue weighted by Gasteiger charge is -2.09. The average molecular weight is 392 g/mol. The molecule has 7 nitrogen and oxygen atoms in total. The lowest BCUT2D eigenvalue weighted by Crippen LogP contribution is -2.18. The minimum Gasteiger partial charge on any atom is -0.317 e. The molecule has 13 heteroatoms. The molecule has 2 N–H and O–H groups in total. The molecule has 3 heterocycles. The van der Waals surface area contributed by atoms with E-state index in [1.54, 1.807) is 0 Å². The first-order chi connectivity index (χ1) is 12.4. The minimum absolute atomic E-state index is 0.0340. The lowest BCUT2D eigenvalue weighted by atomic mass is 10.2. The summed E-state index contributed by atoms with van der Waals surface area (Å²) < 4.78 is 78.5. The Labute approximate surface area is 146 Å². The van der Waals surface area contributed by atoms with Gasteiger partial charge in [-0.05, 0) is 19.9 Å². The monoisotopic (exact) mass is 392 g/mol. The maximum absolute atomic E-state index is 13.1. The summed E-state index contributed by atoms with van der Waals surface area (Å²) in [5.41, 5.74) is -4.01. The molecular formula is C14H10F6N6O. The van der Waals surface area contributed by atoms with Crippen molar-refractivity contribution in [3.8, 4) is 0 Å². The number of hydrogen-bond acceptors (Lipinski definition) is 4. The fourth-order valence-corrected chi connectivity index (χ4v) is 2.38. The molecule has 27 heavy (non-hydrogen) atoms. The fraction of sp³-hybridized carbons (Fsp3) is 0.286. The van der Waals surface area contributed by atoms with Crippen LogP contribution in [0.4, 0.5) is 32.0 Å². The van der Waals surface area contributed by atoms with Crippen molar-refractivity contribution in [3.05, 3.63) is 40.6 Å². The SMILES string of the molecule is Cc1cc(C(F)(F)F)n2nc(C(=O)Nc3c(C(F)(F)F)n[nH]c3C)cc2n1. The van der Waals surface area contributed by atoms with Crippen molar-refractivity contribution in [2.75, 3.05) is 5.32 Å². The van der Waals surface area contributed by atoms with Gasteiger partial charge in [-0.15, -0.1) is 0 Å². The van der Waals surface area contributed by atoms with Gasteiger partial charge in [0.1, 0.15) is 5.69 Å². The summed E-state index contributed by atoms with van der Waals surface area (Å²) in [5.74, 6) is -1.14. The second-order valence-corrected chi connectivity index (χ2v) is 5.60. The molecule has 0 unspecified atom stereocenters. The number of aromatic nitrogens is 5. The maximum atomic E-state index is 13.1. The van der Waals surface area contributed by atoms with Gasteiger partial charge >= 0.3 is 12.4 Å². The van der Waals surface area contributed by atoms with Crippen LogP contribution in [-0.4, -0.2) is 30.7 Å². The number of carbonyl (C=O) groups is 1. The van der Waals surface area contributed by atoms with E-state index in [1.165, 1.54) is 13.8 Å².